The van der Waals surface area contributed by atoms with E-state index in [0.717, 1.165) is 18.4 Å². The van der Waals surface area contributed by atoms with E-state index in [-0.39, 0.29) is 23.9 Å². The van der Waals surface area contributed by atoms with Gasteiger partial charge in [0.05, 0.1) is 19.6 Å². The molecular formula is C15H22O3. The van der Waals surface area contributed by atoms with E-state index in [1.165, 1.54) is 5.57 Å². The van der Waals surface area contributed by atoms with Gasteiger partial charge in [0.25, 0.3) is 0 Å². The summed E-state index contributed by atoms with van der Waals surface area (Å²) < 4.78 is 5.02. The number of allylic oxidation sites excluding steroid dienone is 2. The molecule has 0 aromatic rings. The van der Waals surface area contributed by atoms with E-state index in [4.69, 9.17) is 4.74 Å². The Morgan fingerprint density at radius 2 is 2.33 bits per heavy atom. The van der Waals surface area contributed by atoms with Gasteiger partial charge in [-0.15, -0.1) is 6.58 Å². The molecular weight excluding hydrogens is 228 g/mol. The molecule has 1 saturated carbocycles. The van der Waals surface area contributed by atoms with Gasteiger partial charge < -0.3 is 9.84 Å². The molecule has 0 bridgehead atoms. The summed E-state index contributed by atoms with van der Waals surface area (Å²) >= 11 is 0. The van der Waals surface area contributed by atoms with Crippen LogP contribution in [-0.4, -0.2) is 24.3 Å². The van der Waals surface area contributed by atoms with Gasteiger partial charge in [-0.1, -0.05) is 25.5 Å². The van der Waals surface area contributed by atoms with E-state index in [1.807, 2.05) is 6.08 Å². The molecule has 1 aliphatic heterocycles. The molecule has 0 aromatic carbocycles. The molecule has 2 atom stereocenters. The predicted molar refractivity (Wildman–Crippen MR) is 69.9 cm³/mol. The molecule has 1 heterocycles. The maximum Gasteiger partial charge on any atom is 0.306 e. The molecule has 1 N–H and O–H groups in total. The van der Waals surface area contributed by atoms with Crippen molar-refractivity contribution in [2.75, 3.05) is 13.2 Å². The number of ether oxygens (including phenoxy) is 1. The molecule has 2 fully saturated rings. The minimum absolute atomic E-state index is 0.0249. The first-order valence-electron chi connectivity index (χ1n) is 6.57. The van der Waals surface area contributed by atoms with Gasteiger partial charge in [0, 0.05) is 5.92 Å². The lowest BCUT2D eigenvalue weighted by Gasteiger charge is -2.17. The van der Waals surface area contributed by atoms with Crippen LogP contribution in [-0.2, 0) is 9.53 Å². The van der Waals surface area contributed by atoms with Gasteiger partial charge in [0.15, 0.2) is 0 Å². The SMILES string of the molecule is C=C[C@@H]1CC(C)(C)C/C1=C(/CO)[C@H]1COC(=O)C1. The molecule has 0 amide bonds. The van der Waals surface area contributed by atoms with Crippen molar-refractivity contribution >= 4 is 5.97 Å². The standard InChI is InChI=1S/C15H22O3/c1-4-10-6-15(2,3)7-12(10)13(8-16)11-5-14(17)18-9-11/h4,10-11,16H,1,5-9H2,2-3H3/b13-12+/t10-,11-/m1/s1. The van der Waals surface area contributed by atoms with Crippen LogP contribution in [0.3, 0.4) is 0 Å². The quantitative estimate of drug-likeness (QED) is 0.618. The van der Waals surface area contributed by atoms with Crippen LogP contribution in [0.5, 0.6) is 0 Å². The van der Waals surface area contributed by atoms with Crippen LogP contribution in [0.2, 0.25) is 0 Å². The van der Waals surface area contributed by atoms with Crippen molar-refractivity contribution in [2.24, 2.45) is 17.3 Å². The lowest BCUT2D eigenvalue weighted by atomic mass is 9.88. The number of esters is 1. The minimum Gasteiger partial charge on any atom is -0.465 e. The molecule has 0 aromatic heterocycles. The van der Waals surface area contributed by atoms with Gasteiger partial charge in [-0.05, 0) is 29.7 Å². The number of rotatable bonds is 3. The van der Waals surface area contributed by atoms with E-state index < -0.39 is 0 Å². The molecule has 0 spiro atoms. The van der Waals surface area contributed by atoms with Gasteiger partial charge in [0.1, 0.15) is 0 Å². The van der Waals surface area contributed by atoms with Crippen molar-refractivity contribution in [1.29, 1.82) is 0 Å². The zero-order chi connectivity index (χ0) is 13.3. The van der Waals surface area contributed by atoms with Crippen LogP contribution in [0, 0.1) is 17.3 Å². The second kappa shape index (κ2) is 4.88. The number of hydrogen-bond donors (Lipinski definition) is 1. The maximum absolute atomic E-state index is 11.2. The Hall–Kier alpha value is -1.09. The van der Waals surface area contributed by atoms with Crippen LogP contribution in [0.4, 0.5) is 0 Å². The molecule has 0 radical (unpaired) electrons. The second-order valence-corrected chi connectivity index (χ2v) is 6.18. The number of aliphatic hydroxyl groups is 1. The summed E-state index contributed by atoms with van der Waals surface area (Å²) in [6, 6.07) is 0. The van der Waals surface area contributed by atoms with Gasteiger partial charge in [-0.2, -0.15) is 0 Å². The Balaban J connectivity index is 2.30. The summed E-state index contributed by atoms with van der Waals surface area (Å²) in [5.41, 5.74) is 2.54. The van der Waals surface area contributed by atoms with Crippen LogP contribution >= 0.6 is 0 Å². The lowest BCUT2D eigenvalue weighted by molar-refractivity contribution is -0.137. The summed E-state index contributed by atoms with van der Waals surface area (Å²) in [7, 11) is 0. The smallest absolute Gasteiger partial charge is 0.306 e. The number of cyclic esters (lactones) is 1. The minimum atomic E-state index is -0.154. The maximum atomic E-state index is 11.2. The van der Waals surface area contributed by atoms with Crippen molar-refractivity contribution < 1.29 is 14.6 Å². The van der Waals surface area contributed by atoms with Crippen LogP contribution in [0.15, 0.2) is 23.8 Å². The fraction of sp³-hybridized carbons (Fsp3) is 0.667. The zero-order valence-corrected chi connectivity index (χ0v) is 11.2. The molecule has 3 nitrogen and oxygen atoms in total. The fourth-order valence-electron chi connectivity index (χ4n) is 3.24. The van der Waals surface area contributed by atoms with Gasteiger partial charge >= 0.3 is 5.97 Å². The van der Waals surface area contributed by atoms with Crippen molar-refractivity contribution in [1.82, 2.24) is 0 Å². The first kappa shape index (κ1) is 13.3. The summed E-state index contributed by atoms with van der Waals surface area (Å²) in [6.45, 7) is 8.82. The topological polar surface area (TPSA) is 46.5 Å². The number of aliphatic hydroxyl groups excluding tert-OH is 1. The third-order valence-corrected chi connectivity index (χ3v) is 4.11. The van der Waals surface area contributed by atoms with Crippen LogP contribution in [0.25, 0.3) is 0 Å². The summed E-state index contributed by atoms with van der Waals surface area (Å²) in [5.74, 6) is 0.241. The highest BCUT2D eigenvalue weighted by Gasteiger charge is 2.37. The Morgan fingerprint density at radius 1 is 1.61 bits per heavy atom. The Bertz CT molecular complexity index is 393. The Kier molecular flexibility index (Phi) is 3.62. The monoisotopic (exact) mass is 250 g/mol. The van der Waals surface area contributed by atoms with Gasteiger partial charge in [-0.3, -0.25) is 4.79 Å². The third-order valence-electron chi connectivity index (χ3n) is 4.11. The first-order chi connectivity index (χ1) is 8.46. The zero-order valence-electron chi connectivity index (χ0n) is 11.2. The molecule has 3 heteroatoms. The van der Waals surface area contributed by atoms with Gasteiger partial charge in [0.2, 0.25) is 0 Å². The average molecular weight is 250 g/mol. The lowest BCUT2D eigenvalue weighted by Crippen LogP contribution is -2.12. The molecule has 2 rings (SSSR count). The van der Waals surface area contributed by atoms with Crippen molar-refractivity contribution in [3.8, 4) is 0 Å². The van der Waals surface area contributed by atoms with E-state index in [9.17, 15) is 9.90 Å². The second-order valence-electron chi connectivity index (χ2n) is 6.18. The van der Waals surface area contributed by atoms with E-state index in [0.29, 0.717) is 18.9 Å². The summed E-state index contributed by atoms with van der Waals surface area (Å²) in [4.78, 5) is 11.2. The predicted octanol–water partition coefficient (Wildman–Crippen LogP) is 2.46. The highest BCUT2D eigenvalue weighted by atomic mass is 16.5. The van der Waals surface area contributed by atoms with Gasteiger partial charge in [-0.25, -0.2) is 0 Å². The number of carbonyl (C=O) groups is 1. The molecule has 2 aliphatic rings. The Labute approximate surface area is 109 Å². The molecule has 18 heavy (non-hydrogen) atoms. The fourth-order valence-corrected chi connectivity index (χ4v) is 3.24. The van der Waals surface area contributed by atoms with E-state index in [1.54, 1.807) is 0 Å². The van der Waals surface area contributed by atoms with Crippen molar-refractivity contribution in [3.63, 3.8) is 0 Å². The highest BCUT2D eigenvalue weighted by molar-refractivity contribution is 5.72. The molecule has 1 saturated heterocycles. The largest absolute Gasteiger partial charge is 0.465 e. The third kappa shape index (κ3) is 2.51. The van der Waals surface area contributed by atoms with Crippen LogP contribution in [0.1, 0.15) is 33.1 Å². The molecule has 100 valence electrons. The number of carbonyl (C=O) groups excluding carboxylic acids is 1. The molecule has 1 aliphatic carbocycles. The van der Waals surface area contributed by atoms with E-state index in [2.05, 4.69) is 20.4 Å². The van der Waals surface area contributed by atoms with Crippen LogP contribution < -0.4 is 0 Å². The van der Waals surface area contributed by atoms with Crippen molar-refractivity contribution in [3.05, 3.63) is 23.8 Å². The summed E-state index contributed by atoms with van der Waals surface area (Å²) in [5, 5.41) is 9.66. The average Bonchev–Trinajstić information content (AvgIpc) is 2.84. The molecule has 0 unspecified atom stereocenters. The number of hydrogen-bond acceptors (Lipinski definition) is 3. The van der Waals surface area contributed by atoms with E-state index >= 15 is 0 Å². The first-order valence-corrected chi connectivity index (χ1v) is 6.57. The van der Waals surface area contributed by atoms with Crippen molar-refractivity contribution in [2.45, 2.75) is 33.1 Å². The summed E-state index contributed by atoms with van der Waals surface area (Å²) in [6.07, 6.45) is 4.42. The normalized spacial score (nSPS) is 33.4. The highest BCUT2D eigenvalue weighted by Crippen LogP contribution is 2.47. The Morgan fingerprint density at radius 3 is 2.83 bits per heavy atom.